The van der Waals surface area contributed by atoms with E-state index in [1.54, 1.807) is 17.4 Å². The van der Waals surface area contributed by atoms with Crippen molar-refractivity contribution in [1.29, 1.82) is 5.26 Å². The van der Waals surface area contributed by atoms with E-state index >= 15 is 0 Å². The number of hydrogen-bond donors (Lipinski definition) is 1. The van der Waals surface area contributed by atoms with Crippen LogP contribution in [0.15, 0.2) is 35.7 Å². The zero-order chi connectivity index (χ0) is 18.0. The zero-order valence-corrected chi connectivity index (χ0v) is 16.5. The Labute approximate surface area is 151 Å². The van der Waals surface area contributed by atoms with E-state index in [0.29, 0.717) is 5.56 Å². The van der Waals surface area contributed by atoms with Gasteiger partial charge in [-0.1, -0.05) is 19.1 Å². The molecule has 2 aromatic rings. The van der Waals surface area contributed by atoms with Crippen molar-refractivity contribution in [3.05, 3.63) is 46.2 Å². The van der Waals surface area contributed by atoms with Crippen LogP contribution in [0.4, 0.5) is 0 Å². The summed E-state index contributed by atoms with van der Waals surface area (Å²) in [5.74, 6) is 0. The fraction of sp³-hybridized carbons (Fsp3) is 0.421. The molecule has 0 saturated heterocycles. The van der Waals surface area contributed by atoms with Crippen molar-refractivity contribution >= 4 is 22.3 Å². The molecule has 2 atom stereocenters. The molecule has 0 aliphatic rings. The van der Waals surface area contributed by atoms with Crippen LogP contribution in [0.25, 0.3) is 11.1 Å². The van der Waals surface area contributed by atoms with Crippen molar-refractivity contribution < 1.29 is 4.21 Å². The number of thiophene rings is 1. The molecule has 1 heterocycles. The van der Waals surface area contributed by atoms with Gasteiger partial charge in [0.05, 0.1) is 32.9 Å². The lowest BCUT2D eigenvalue weighted by atomic mass is 9.96. The Balaban J connectivity index is 2.33. The van der Waals surface area contributed by atoms with Crippen LogP contribution in [-0.4, -0.2) is 8.96 Å². The van der Waals surface area contributed by atoms with Gasteiger partial charge >= 0.3 is 0 Å². The highest BCUT2D eigenvalue weighted by Crippen LogP contribution is 2.35. The predicted octanol–water partition coefficient (Wildman–Crippen LogP) is 4.96. The Kier molecular flexibility index (Phi) is 5.64. The summed E-state index contributed by atoms with van der Waals surface area (Å²) < 4.78 is 15.6. The first-order chi connectivity index (χ1) is 11.2. The lowest BCUT2D eigenvalue weighted by Gasteiger charge is -2.31. The maximum Gasteiger partial charge on any atom is 0.0991 e. The van der Waals surface area contributed by atoms with Crippen molar-refractivity contribution in [2.45, 2.75) is 51.3 Å². The van der Waals surface area contributed by atoms with Crippen LogP contribution in [0.3, 0.4) is 0 Å². The number of benzene rings is 1. The van der Waals surface area contributed by atoms with E-state index in [-0.39, 0.29) is 10.3 Å². The SMILES string of the molecule is CC[C@](C)(NS(=O)C(C)(C)C)c1cc(-c2cccc(C#N)c2)cs1. The van der Waals surface area contributed by atoms with Crippen molar-refractivity contribution in [3.8, 4) is 17.2 Å². The summed E-state index contributed by atoms with van der Waals surface area (Å²) in [6.45, 7) is 10.1. The van der Waals surface area contributed by atoms with Crippen LogP contribution in [0.1, 0.15) is 51.5 Å². The van der Waals surface area contributed by atoms with Gasteiger partial charge in [0.2, 0.25) is 0 Å². The first-order valence-electron chi connectivity index (χ1n) is 7.99. The molecule has 0 spiro atoms. The van der Waals surface area contributed by atoms with Crippen LogP contribution < -0.4 is 4.72 Å². The topological polar surface area (TPSA) is 52.9 Å². The van der Waals surface area contributed by atoms with Gasteiger partial charge < -0.3 is 0 Å². The zero-order valence-electron chi connectivity index (χ0n) is 14.8. The van der Waals surface area contributed by atoms with Crippen molar-refractivity contribution in [1.82, 2.24) is 4.72 Å². The molecule has 0 radical (unpaired) electrons. The summed E-state index contributed by atoms with van der Waals surface area (Å²) in [6.07, 6.45) is 0.840. The molecule has 3 nitrogen and oxygen atoms in total. The summed E-state index contributed by atoms with van der Waals surface area (Å²) in [4.78, 5) is 1.15. The van der Waals surface area contributed by atoms with E-state index in [2.05, 4.69) is 36.1 Å². The normalized spacial score (nSPS) is 15.5. The maximum absolute atomic E-state index is 12.5. The van der Waals surface area contributed by atoms with E-state index in [1.165, 1.54) is 0 Å². The highest BCUT2D eigenvalue weighted by Gasteiger charge is 2.32. The number of nitrogens with zero attached hydrogens (tertiary/aromatic N) is 1. The molecule has 0 fully saturated rings. The highest BCUT2D eigenvalue weighted by atomic mass is 32.2. The van der Waals surface area contributed by atoms with Crippen LogP contribution in [-0.2, 0) is 16.5 Å². The average Bonchev–Trinajstić information content (AvgIpc) is 3.04. The minimum atomic E-state index is -1.13. The molecule has 0 aliphatic carbocycles. The first-order valence-corrected chi connectivity index (χ1v) is 10.0. The lowest BCUT2D eigenvalue weighted by molar-refractivity contribution is 0.434. The van der Waals surface area contributed by atoms with Gasteiger partial charge in [-0.15, -0.1) is 11.3 Å². The molecule has 1 N–H and O–H groups in total. The Morgan fingerprint density at radius 3 is 2.50 bits per heavy atom. The number of nitriles is 1. The van der Waals surface area contributed by atoms with Gasteiger partial charge in [-0.25, -0.2) is 8.93 Å². The molecule has 5 heteroatoms. The lowest BCUT2D eigenvalue weighted by Crippen LogP contribution is -2.45. The largest absolute Gasteiger partial charge is 0.242 e. The Bertz CT molecular complexity index is 783. The minimum Gasteiger partial charge on any atom is -0.242 e. The van der Waals surface area contributed by atoms with Crippen molar-refractivity contribution in [2.24, 2.45) is 0 Å². The average molecular weight is 361 g/mol. The third kappa shape index (κ3) is 4.13. The predicted molar refractivity (Wildman–Crippen MR) is 103 cm³/mol. The first kappa shape index (κ1) is 18.9. The summed E-state index contributed by atoms with van der Waals surface area (Å²) >= 11 is 1.66. The van der Waals surface area contributed by atoms with Gasteiger partial charge in [0.25, 0.3) is 0 Å². The van der Waals surface area contributed by atoms with Gasteiger partial charge in [-0.05, 0) is 68.8 Å². The molecule has 1 unspecified atom stereocenters. The molecule has 1 aromatic carbocycles. The number of hydrogen-bond acceptors (Lipinski definition) is 3. The molecule has 24 heavy (non-hydrogen) atoms. The standard InChI is InChI=1S/C19H24N2OS2/c1-6-19(5,21-24(22)18(2,3)4)17-11-16(13-23-17)15-9-7-8-14(10-15)12-20/h7-11,13,21H,6H2,1-5H3/t19-,24?/m0/s1. The molecule has 128 valence electrons. The van der Waals surface area contributed by atoms with Crippen molar-refractivity contribution in [2.75, 3.05) is 0 Å². The van der Waals surface area contributed by atoms with E-state index in [0.717, 1.165) is 22.4 Å². The van der Waals surface area contributed by atoms with Crippen LogP contribution in [0.2, 0.25) is 0 Å². The second kappa shape index (κ2) is 7.18. The fourth-order valence-electron chi connectivity index (χ4n) is 2.20. The summed E-state index contributed by atoms with van der Waals surface area (Å²) in [5.41, 5.74) is 2.45. The van der Waals surface area contributed by atoms with Crippen LogP contribution in [0, 0.1) is 11.3 Å². The fourth-order valence-corrected chi connectivity index (χ4v) is 4.34. The summed E-state index contributed by atoms with van der Waals surface area (Å²) in [5, 5.41) is 11.2. The van der Waals surface area contributed by atoms with Gasteiger partial charge in [0.15, 0.2) is 0 Å². The van der Waals surface area contributed by atoms with E-state index < -0.39 is 11.0 Å². The van der Waals surface area contributed by atoms with Gasteiger partial charge in [0, 0.05) is 4.88 Å². The molecular formula is C19H24N2OS2. The molecule has 1 aromatic heterocycles. The molecular weight excluding hydrogens is 336 g/mol. The molecule has 0 aliphatic heterocycles. The third-order valence-corrected chi connectivity index (χ3v) is 6.99. The molecule has 0 amide bonds. The molecule has 2 rings (SSSR count). The second-order valence-corrected chi connectivity index (χ2v) is 9.94. The third-order valence-electron chi connectivity index (χ3n) is 4.05. The molecule has 0 bridgehead atoms. The Morgan fingerprint density at radius 1 is 1.21 bits per heavy atom. The monoisotopic (exact) mass is 360 g/mol. The minimum absolute atomic E-state index is 0.308. The Morgan fingerprint density at radius 2 is 1.92 bits per heavy atom. The number of rotatable bonds is 5. The van der Waals surface area contributed by atoms with E-state index in [9.17, 15) is 4.21 Å². The maximum atomic E-state index is 12.5. The smallest absolute Gasteiger partial charge is 0.0991 e. The van der Waals surface area contributed by atoms with E-state index in [1.807, 2.05) is 39.0 Å². The molecule has 0 saturated carbocycles. The van der Waals surface area contributed by atoms with Gasteiger partial charge in [-0.3, -0.25) is 0 Å². The Hall–Kier alpha value is -1.48. The second-order valence-electron chi connectivity index (χ2n) is 7.06. The van der Waals surface area contributed by atoms with Crippen LogP contribution >= 0.6 is 11.3 Å². The van der Waals surface area contributed by atoms with Gasteiger partial charge in [-0.2, -0.15) is 5.26 Å². The quantitative estimate of drug-likeness (QED) is 0.819. The summed E-state index contributed by atoms with van der Waals surface area (Å²) in [7, 11) is -1.13. The summed E-state index contributed by atoms with van der Waals surface area (Å²) in [6, 6.07) is 11.9. The highest BCUT2D eigenvalue weighted by molar-refractivity contribution is 7.84. The van der Waals surface area contributed by atoms with Crippen molar-refractivity contribution in [3.63, 3.8) is 0 Å². The van der Waals surface area contributed by atoms with Gasteiger partial charge in [0.1, 0.15) is 0 Å². The number of nitrogens with one attached hydrogen (secondary N) is 1. The van der Waals surface area contributed by atoms with E-state index in [4.69, 9.17) is 5.26 Å². The van der Waals surface area contributed by atoms with Crippen LogP contribution in [0.5, 0.6) is 0 Å².